The molecule has 2 nitrogen and oxygen atoms in total. The molecular formula is C12H20O2. The third-order valence-corrected chi connectivity index (χ3v) is 4.39. The van der Waals surface area contributed by atoms with E-state index in [1.165, 1.54) is 19.3 Å². The van der Waals surface area contributed by atoms with Crippen molar-refractivity contribution in [3.05, 3.63) is 0 Å². The van der Waals surface area contributed by atoms with Gasteiger partial charge < -0.3 is 4.74 Å². The summed E-state index contributed by atoms with van der Waals surface area (Å²) in [6.45, 7) is 6.57. The van der Waals surface area contributed by atoms with Gasteiger partial charge in [-0.2, -0.15) is 0 Å². The quantitative estimate of drug-likeness (QED) is 0.603. The normalized spacial score (nSPS) is 47.4. The first-order valence-corrected chi connectivity index (χ1v) is 5.76. The smallest absolute Gasteiger partial charge is 0.309 e. The Bertz CT molecular complexity index is 249. The zero-order valence-corrected chi connectivity index (χ0v) is 9.38. The van der Waals surface area contributed by atoms with Crippen LogP contribution >= 0.6 is 0 Å². The van der Waals surface area contributed by atoms with Gasteiger partial charge in [0.2, 0.25) is 0 Å². The van der Waals surface area contributed by atoms with Gasteiger partial charge >= 0.3 is 5.97 Å². The second-order valence-electron chi connectivity index (χ2n) is 5.33. The number of carbonyl (C=O) groups excluding carboxylic acids is 1. The van der Waals surface area contributed by atoms with Gasteiger partial charge in [-0.05, 0) is 24.7 Å². The molecule has 2 rings (SSSR count). The van der Waals surface area contributed by atoms with Crippen LogP contribution < -0.4 is 0 Å². The highest BCUT2D eigenvalue weighted by atomic mass is 16.6. The van der Waals surface area contributed by atoms with Gasteiger partial charge in [0.05, 0.1) is 5.92 Å². The fraction of sp³-hybridized carbons (Fsp3) is 0.917. The Morgan fingerprint density at radius 2 is 2.29 bits per heavy atom. The van der Waals surface area contributed by atoms with Gasteiger partial charge in [-0.25, -0.2) is 0 Å². The van der Waals surface area contributed by atoms with E-state index in [1.54, 1.807) is 0 Å². The fourth-order valence-electron chi connectivity index (χ4n) is 2.89. The van der Waals surface area contributed by atoms with Crippen LogP contribution in [0.25, 0.3) is 0 Å². The maximum Gasteiger partial charge on any atom is 0.309 e. The molecule has 1 saturated carbocycles. The van der Waals surface area contributed by atoms with Crippen molar-refractivity contribution in [2.45, 2.75) is 52.6 Å². The number of hydrogen-bond acceptors (Lipinski definition) is 2. The van der Waals surface area contributed by atoms with E-state index in [-0.39, 0.29) is 18.0 Å². The van der Waals surface area contributed by atoms with E-state index in [0.717, 1.165) is 6.42 Å². The Morgan fingerprint density at radius 3 is 2.93 bits per heavy atom. The summed E-state index contributed by atoms with van der Waals surface area (Å²) in [7, 11) is 0. The van der Waals surface area contributed by atoms with Crippen molar-refractivity contribution in [3.63, 3.8) is 0 Å². The SMILES string of the molecule is CCC1(C)CCC2C(C1)OC(=O)C2C. The predicted molar refractivity (Wildman–Crippen MR) is 54.8 cm³/mol. The molecule has 0 aromatic carbocycles. The number of hydrogen-bond donors (Lipinski definition) is 0. The summed E-state index contributed by atoms with van der Waals surface area (Å²) in [5.41, 5.74) is 0.408. The van der Waals surface area contributed by atoms with Crippen LogP contribution in [0.15, 0.2) is 0 Å². The largest absolute Gasteiger partial charge is 0.462 e. The Morgan fingerprint density at radius 1 is 1.57 bits per heavy atom. The van der Waals surface area contributed by atoms with Crippen LogP contribution in [0.2, 0.25) is 0 Å². The molecule has 0 amide bonds. The number of esters is 1. The van der Waals surface area contributed by atoms with Crippen LogP contribution in [0.1, 0.15) is 46.5 Å². The van der Waals surface area contributed by atoms with Crippen molar-refractivity contribution in [1.29, 1.82) is 0 Å². The molecule has 0 bridgehead atoms. The van der Waals surface area contributed by atoms with Crippen molar-refractivity contribution in [3.8, 4) is 0 Å². The first kappa shape index (κ1) is 10.0. The average molecular weight is 196 g/mol. The van der Waals surface area contributed by atoms with Crippen LogP contribution in [0.5, 0.6) is 0 Å². The minimum Gasteiger partial charge on any atom is -0.462 e. The number of fused-ring (bicyclic) bond motifs is 1. The number of rotatable bonds is 1. The second kappa shape index (κ2) is 3.25. The summed E-state index contributed by atoms with van der Waals surface area (Å²) in [5, 5.41) is 0. The molecular weight excluding hydrogens is 176 g/mol. The Balaban J connectivity index is 2.10. The highest BCUT2D eigenvalue weighted by Gasteiger charge is 2.47. The van der Waals surface area contributed by atoms with Crippen molar-refractivity contribution in [2.24, 2.45) is 17.3 Å². The van der Waals surface area contributed by atoms with Gasteiger partial charge in [0.25, 0.3) is 0 Å². The molecule has 14 heavy (non-hydrogen) atoms. The highest BCUT2D eigenvalue weighted by molar-refractivity contribution is 5.74. The molecule has 2 aliphatic rings. The van der Waals surface area contributed by atoms with Crippen LogP contribution in [-0.2, 0) is 9.53 Å². The first-order chi connectivity index (χ1) is 6.56. The molecule has 2 fully saturated rings. The third kappa shape index (κ3) is 1.45. The first-order valence-electron chi connectivity index (χ1n) is 5.76. The summed E-state index contributed by atoms with van der Waals surface area (Å²) in [4.78, 5) is 11.4. The molecule has 2 heteroatoms. The summed E-state index contributed by atoms with van der Waals surface area (Å²) in [6.07, 6.45) is 4.91. The zero-order chi connectivity index (χ0) is 10.3. The van der Waals surface area contributed by atoms with Crippen LogP contribution in [0.3, 0.4) is 0 Å². The molecule has 0 radical (unpaired) electrons. The Labute approximate surface area is 86.0 Å². The van der Waals surface area contributed by atoms with Gasteiger partial charge in [0, 0.05) is 5.92 Å². The molecule has 4 unspecified atom stereocenters. The van der Waals surface area contributed by atoms with Crippen LogP contribution in [0, 0.1) is 17.3 Å². The third-order valence-electron chi connectivity index (χ3n) is 4.39. The van der Waals surface area contributed by atoms with Gasteiger partial charge in [-0.15, -0.1) is 0 Å². The van der Waals surface area contributed by atoms with E-state index in [4.69, 9.17) is 4.74 Å². The minimum absolute atomic E-state index is 0.0281. The monoisotopic (exact) mass is 196 g/mol. The second-order valence-corrected chi connectivity index (χ2v) is 5.33. The van der Waals surface area contributed by atoms with E-state index >= 15 is 0 Å². The standard InChI is InChI=1S/C12H20O2/c1-4-12(3)6-5-9-8(2)11(13)14-10(9)7-12/h8-10H,4-7H2,1-3H3. The molecule has 0 aromatic rings. The molecule has 80 valence electrons. The lowest BCUT2D eigenvalue weighted by Gasteiger charge is -2.38. The average Bonchev–Trinajstić information content (AvgIpc) is 2.42. The molecule has 0 spiro atoms. The maximum absolute atomic E-state index is 11.4. The summed E-state index contributed by atoms with van der Waals surface area (Å²) >= 11 is 0. The van der Waals surface area contributed by atoms with Crippen molar-refractivity contribution < 1.29 is 9.53 Å². The highest BCUT2D eigenvalue weighted by Crippen LogP contribution is 2.47. The lowest BCUT2D eigenvalue weighted by molar-refractivity contribution is -0.145. The van der Waals surface area contributed by atoms with Crippen LogP contribution in [-0.4, -0.2) is 12.1 Å². The topological polar surface area (TPSA) is 26.3 Å². The fourth-order valence-corrected chi connectivity index (χ4v) is 2.89. The molecule has 0 aromatic heterocycles. The molecule has 1 saturated heterocycles. The number of ether oxygens (including phenoxy) is 1. The lowest BCUT2D eigenvalue weighted by atomic mass is 9.67. The summed E-state index contributed by atoms with van der Waals surface area (Å²) < 4.78 is 5.44. The van der Waals surface area contributed by atoms with E-state index in [1.807, 2.05) is 6.92 Å². The molecule has 0 N–H and O–H groups in total. The lowest BCUT2D eigenvalue weighted by Crippen LogP contribution is -2.34. The Hall–Kier alpha value is -0.530. The summed E-state index contributed by atoms with van der Waals surface area (Å²) in [5.74, 6) is 0.670. The molecule has 1 aliphatic heterocycles. The van der Waals surface area contributed by atoms with Crippen molar-refractivity contribution in [2.75, 3.05) is 0 Å². The van der Waals surface area contributed by atoms with Crippen molar-refractivity contribution in [1.82, 2.24) is 0 Å². The van der Waals surface area contributed by atoms with E-state index in [9.17, 15) is 4.79 Å². The van der Waals surface area contributed by atoms with Gasteiger partial charge in [-0.3, -0.25) is 4.79 Å². The van der Waals surface area contributed by atoms with E-state index < -0.39 is 0 Å². The van der Waals surface area contributed by atoms with E-state index in [0.29, 0.717) is 11.3 Å². The predicted octanol–water partition coefficient (Wildman–Crippen LogP) is 2.76. The molecule has 1 heterocycles. The van der Waals surface area contributed by atoms with Crippen molar-refractivity contribution >= 4 is 5.97 Å². The van der Waals surface area contributed by atoms with Gasteiger partial charge in [-0.1, -0.05) is 27.2 Å². The van der Waals surface area contributed by atoms with E-state index in [2.05, 4.69) is 13.8 Å². The molecule has 1 aliphatic carbocycles. The zero-order valence-electron chi connectivity index (χ0n) is 9.38. The summed E-state index contributed by atoms with van der Waals surface area (Å²) in [6, 6.07) is 0. The molecule has 4 atom stereocenters. The number of carbonyl (C=O) groups is 1. The van der Waals surface area contributed by atoms with Gasteiger partial charge in [0.1, 0.15) is 6.10 Å². The van der Waals surface area contributed by atoms with Gasteiger partial charge in [0.15, 0.2) is 0 Å². The Kier molecular flexibility index (Phi) is 2.32. The minimum atomic E-state index is 0.0281. The maximum atomic E-state index is 11.4. The van der Waals surface area contributed by atoms with Crippen LogP contribution in [0.4, 0.5) is 0 Å².